The van der Waals surface area contributed by atoms with E-state index >= 15 is 0 Å². The number of rotatable bonds is 3. The largest absolute Gasteiger partial charge is 0.508 e. The number of aromatic amines is 2. The van der Waals surface area contributed by atoms with Crippen molar-refractivity contribution >= 4 is 16.8 Å². The molecule has 1 fully saturated rings. The fourth-order valence-corrected chi connectivity index (χ4v) is 3.52. The molecule has 1 aromatic carbocycles. The first-order valence-electron chi connectivity index (χ1n) is 8.97. The van der Waals surface area contributed by atoms with Crippen LogP contribution in [0, 0.1) is 6.92 Å². The van der Waals surface area contributed by atoms with E-state index in [-0.39, 0.29) is 23.3 Å². The maximum Gasteiger partial charge on any atom is 0.258 e. The lowest BCUT2D eigenvalue weighted by molar-refractivity contribution is 0.0597. The zero-order valence-corrected chi connectivity index (χ0v) is 15.0. The second kappa shape index (κ2) is 6.83. The maximum absolute atomic E-state index is 12.9. The number of ether oxygens (including phenoxy) is 1. The topological polar surface area (TPSA) is 98.4 Å². The molecule has 1 aliphatic heterocycles. The summed E-state index contributed by atoms with van der Waals surface area (Å²) in [5.41, 5.74) is 1.75. The molecule has 0 aliphatic carbocycles. The Labute approximate surface area is 155 Å². The summed E-state index contributed by atoms with van der Waals surface area (Å²) in [6.07, 6.45) is 4.71. The van der Waals surface area contributed by atoms with Gasteiger partial charge < -0.3 is 24.7 Å². The van der Waals surface area contributed by atoms with Gasteiger partial charge in [-0.05, 0) is 36.8 Å². The summed E-state index contributed by atoms with van der Waals surface area (Å²) < 4.78 is 5.92. The molecule has 1 aliphatic rings. The summed E-state index contributed by atoms with van der Waals surface area (Å²) in [5, 5.41) is 9.75. The number of carbonyl (C=O) groups is 1. The minimum atomic E-state index is -0.259. The molecule has 0 saturated carbocycles. The molecule has 140 valence electrons. The summed E-state index contributed by atoms with van der Waals surface area (Å²) in [7, 11) is 0. The van der Waals surface area contributed by atoms with Crippen LogP contribution in [0.2, 0.25) is 0 Å². The average molecular weight is 367 g/mol. The number of pyridine rings is 1. The molecule has 0 bridgehead atoms. The van der Waals surface area contributed by atoms with E-state index < -0.39 is 0 Å². The second-order valence-electron chi connectivity index (χ2n) is 6.86. The molecule has 0 radical (unpaired) electrons. The smallest absolute Gasteiger partial charge is 0.258 e. The summed E-state index contributed by atoms with van der Waals surface area (Å²) in [4.78, 5) is 32.6. The van der Waals surface area contributed by atoms with E-state index in [9.17, 15) is 14.7 Å². The van der Waals surface area contributed by atoms with Crippen LogP contribution in [0.25, 0.3) is 10.9 Å². The van der Waals surface area contributed by atoms with Crippen molar-refractivity contribution in [2.75, 3.05) is 13.1 Å². The van der Waals surface area contributed by atoms with Gasteiger partial charge in [-0.15, -0.1) is 0 Å². The van der Waals surface area contributed by atoms with Gasteiger partial charge in [0.2, 0.25) is 0 Å². The predicted octanol–water partition coefficient (Wildman–Crippen LogP) is 2.55. The van der Waals surface area contributed by atoms with Gasteiger partial charge in [0.15, 0.2) is 0 Å². The third-order valence-electron chi connectivity index (χ3n) is 5.02. The number of aryl methyl sites for hydroxylation is 1. The van der Waals surface area contributed by atoms with Crippen molar-refractivity contribution in [2.24, 2.45) is 0 Å². The van der Waals surface area contributed by atoms with Crippen molar-refractivity contribution in [3.8, 4) is 11.5 Å². The van der Waals surface area contributed by atoms with Crippen LogP contribution < -0.4 is 10.3 Å². The van der Waals surface area contributed by atoms with Crippen molar-refractivity contribution in [2.45, 2.75) is 25.9 Å². The first-order valence-corrected chi connectivity index (χ1v) is 8.97. The normalized spacial score (nSPS) is 15.2. The summed E-state index contributed by atoms with van der Waals surface area (Å²) >= 11 is 0. The lowest BCUT2D eigenvalue weighted by Gasteiger charge is -2.32. The van der Waals surface area contributed by atoms with Crippen LogP contribution in [0.3, 0.4) is 0 Å². The molecule has 27 heavy (non-hydrogen) atoms. The van der Waals surface area contributed by atoms with E-state index in [1.807, 2.05) is 6.92 Å². The lowest BCUT2D eigenvalue weighted by Crippen LogP contribution is -2.41. The highest BCUT2D eigenvalue weighted by molar-refractivity contribution is 6.07. The van der Waals surface area contributed by atoms with Crippen LogP contribution in [-0.2, 0) is 0 Å². The third kappa shape index (κ3) is 3.28. The van der Waals surface area contributed by atoms with Gasteiger partial charge >= 0.3 is 0 Å². The second-order valence-corrected chi connectivity index (χ2v) is 6.86. The van der Waals surface area contributed by atoms with Crippen molar-refractivity contribution in [3.63, 3.8) is 0 Å². The zero-order valence-electron chi connectivity index (χ0n) is 15.0. The van der Waals surface area contributed by atoms with E-state index in [4.69, 9.17) is 4.74 Å². The fourth-order valence-electron chi connectivity index (χ4n) is 3.52. The Morgan fingerprint density at radius 1 is 1.15 bits per heavy atom. The Hall–Kier alpha value is -3.22. The molecule has 7 heteroatoms. The molecule has 3 heterocycles. The van der Waals surface area contributed by atoms with Crippen LogP contribution in [0.1, 0.15) is 28.8 Å². The van der Waals surface area contributed by atoms with Gasteiger partial charge in [-0.3, -0.25) is 9.59 Å². The van der Waals surface area contributed by atoms with Crippen LogP contribution in [-0.4, -0.2) is 45.1 Å². The van der Waals surface area contributed by atoms with E-state index in [1.165, 1.54) is 0 Å². The van der Waals surface area contributed by atoms with E-state index in [0.717, 1.165) is 5.56 Å². The van der Waals surface area contributed by atoms with Gasteiger partial charge in [0.25, 0.3) is 11.5 Å². The Morgan fingerprint density at radius 2 is 1.85 bits per heavy atom. The molecule has 1 amide bonds. The third-order valence-corrected chi connectivity index (χ3v) is 5.02. The highest BCUT2D eigenvalue weighted by Gasteiger charge is 2.27. The maximum atomic E-state index is 12.9. The quantitative estimate of drug-likeness (QED) is 0.662. The van der Waals surface area contributed by atoms with Crippen LogP contribution in [0.4, 0.5) is 0 Å². The van der Waals surface area contributed by atoms with Gasteiger partial charge in [-0.2, -0.15) is 0 Å². The average Bonchev–Trinajstić information content (AvgIpc) is 3.13. The molecule has 3 N–H and O–H groups in total. The first-order chi connectivity index (χ1) is 13.0. The standard InChI is InChI=1S/C20H21N3O4/c1-12-10-22-19(25)17-16(11-21-18(12)17)20(26)23-8-6-15(7-9-23)27-14-4-2-13(24)3-5-14/h2-5,10-11,15,21,24H,6-9H2,1H3,(H,22,25). The number of piperidine rings is 1. The Bertz CT molecular complexity index is 1030. The number of hydrogen-bond donors (Lipinski definition) is 3. The molecule has 4 rings (SSSR count). The Balaban J connectivity index is 1.45. The number of amides is 1. The molecule has 1 saturated heterocycles. The van der Waals surface area contributed by atoms with Crippen molar-refractivity contribution in [1.82, 2.24) is 14.9 Å². The Morgan fingerprint density at radius 3 is 2.56 bits per heavy atom. The van der Waals surface area contributed by atoms with Gasteiger partial charge in [0.05, 0.1) is 16.5 Å². The molecule has 2 aromatic heterocycles. The van der Waals surface area contributed by atoms with Crippen molar-refractivity contribution in [3.05, 3.63) is 58.1 Å². The number of likely N-dealkylation sites (tertiary alicyclic amines) is 1. The minimum absolute atomic E-state index is 0.0206. The van der Waals surface area contributed by atoms with E-state index in [1.54, 1.807) is 41.6 Å². The number of nitrogens with zero attached hydrogens (tertiary/aromatic N) is 1. The summed E-state index contributed by atoms with van der Waals surface area (Å²) in [6, 6.07) is 6.63. The van der Waals surface area contributed by atoms with Crippen molar-refractivity contribution < 1.29 is 14.6 Å². The lowest BCUT2D eigenvalue weighted by atomic mass is 10.1. The zero-order chi connectivity index (χ0) is 19.0. The molecule has 3 aromatic rings. The number of aromatic hydroxyl groups is 1. The van der Waals surface area contributed by atoms with Gasteiger partial charge in [0, 0.05) is 38.3 Å². The molecule has 0 atom stereocenters. The number of hydrogen-bond acceptors (Lipinski definition) is 4. The van der Waals surface area contributed by atoms with Crippen LogP contribution in [0.15, 0.2) is 41.5 Å². The molecular formula is C20H21N3O4. The number of aromatic nitrogens is 2. The Kier molecular flexibility index (Phi) is 4.35. The first kappa shape index (κ1) is 17.2. The number of fused-ring (bicyclic) bond motifs is 1. The summed E-state index contributed by atoms with van der Waals surface area (Å²) in [6.45, 7) is 3.02. The van der Waals surface area contributed by atoms with Gasteiger partial charge in [-0.25, -0.2) is 0 Å². The number of nitrogens with one attached hydrogen (secondary N) is 2. The number of carbonyl (C=O) groups excluding carboxylic acids is 1. The number of phenols is 1. The predicted molar refractivity (Wildman–Crippen MR) is 101 cm³/mol. The number of H-pyrrole nitrogens is 2. The minimum Gasteiger partial charge on any atom is -0.508 e. The SMILES string of the molecule is Cc1c[nH]c(=O)c2c(C(=O)N3CCC(Oc4ccc(O)cc4)CC3)c[nH]c12. The molecule has 0 unspecified atom stereocenters. The summed E-state index contributed by atoms with van der Waals surface area (Å²) in [5.74, 6) is 0.767. The molecule has 0 spiro atoms. The fraction of sp³-hybridized carbons (Fsp3) is 0.300. The molecular weight excluding hydrogens is 346 g/mol. The number of benzene rings is 1. The molecule has 7 nitrogen and oxygen atoms in total. The monoisotopic (exact) mass is 367 g/mol. The van der Waals surface area contributed by atoms with E-state index in [0.29, 0.717) is 48.1 Å². The van der Waals surface area contributed by atoms with Crippen molar-refractivity contribution in [1.29, 1.82) is 0 Å². The van der Waals surface area contributed by atoms with Crippen LogP contribution >= 0.6 is 0 Å². The van der Waals surface area contributed by atoms with Gasteiger partial charge in [-0.1, -0.05) is 0 Å². The number of phenolic OH excluding ortho intramolecular Hbond substituents is 1. The van der Waals surface area contributed by atoms with Gasteiger partial charge in [0.1, 0.15) is 17.6 Å². The highest BCUT2D eigenvalue weighted by atomic mass is 16.5. The highest BCUT2D eigenvalue weighted by Crippen LogP contribution is 2.24. The van der Waals surface area contributed by atoms with E-state index in [2.05, 4.69) is 9.97 Å². The van der Waals surface area contributed by atoms with Crippen LogP contribution in [0.5, 0.6) is 11.5 Å².